The van der Waals surface area contributed by atoms with Crippen molar-refractivity contribution in [1.29, 1.82) is 0 Å². The van der Waals surface area contributed by atoms with Crippen molar-refractivity contribution in [2.45, 2.75) is 32.7 Å². The molecule has 0 spiro atoms. The zero-order valence-electron chi connectivity index (χ0n) is 18.3. The van der Waals surface area contributed by atoms with Crippen LogP contribution in [0.4, 0.5) is 5.69 Å². The Morgan fingerprint density at radius 2 is 1.91 bits per heavy atom. The topological polar surface area (TPSA) is 104 Å². The van der Waals surface area contributed by atoms with E-state index >= 15 is 0 Å². The van der Waals surface area contributed by atoms with E-state index in [4.69, 9.17) is 0 Å². The third kappa shape index (κ3) is 3.69. The quantitative estimate of drug-likeness (QED) is 0.497. The SMILES string of the molecule is Cc1nccn1-c1ccc(-c2ccc3c(c2)CC[C@H](C)N3C(=O)c2ccc(O)cc2O)nn1. The molecule has 166 valence electrons. The minimum absolute atomic E-state index is 0.0263. The van der Waals surface area contributed by atoms with Gasteiger partial charge in [0.2, 0.25) is 0 Å². The average Bonchev–Trinajstić information content (AvgIpc) is 3.24. The van der Waals surface area contributed by atoms with Gasteiger partial charge in [-0.1, -0.05) is 6.07 Å². The van der Waals surface area contributed by atoms with Crippen LogP contribution in [0.1, 0.15) is 35.1 Å². The Labute approximate surface area is 190 Å². The van der Waals surface area contributed by atoms with Gasteiger partial charge in [-0.25, -0.2) is 4.98 Å². The first-order chi connectivity index (χ1) is 15.9. The van der Waals surface area contributed by atoms with Crippen molar-refractivity contribution in [3.8, 4) is 28.6 Å². The van der Waals surface area contributed by atoms with Crippen molar-refractivity contribution in [3.05, 3.63) is 77.9 Å². The van der Waals surface area contributed by atoms with Gasteiger partial charge >= 0.3 is 0 Å². The molecule has 1 atom stereocenters. The van der Waals surface area contributed by atoms with E-state index in [1.807, 2.05) is 54.9 Å². The second-order valence-electron chi connectivity index (χ2n) is 8.23. The molecule has 8 heteroatoms. The van der Waals surface area contributed by atoms with Crippen LogP contribution in [0.15, 0.2) is 60.9 Å². The lowest BCUT2D eigenvalue weighted by molar-refractivity contribution is 0.0972. The summed E-state index contributed by atoms with van der Waals surface area (Å²) in [7, 11) is 0. The van der Waals surface area contributed by atoms with E-state index < -0.39 is 0 Å². The number of carbonyl (C=O) groups excluding carboxylic acids is 1. The summed E-state index contributed by atoms with van der Waals surface area (Å²) >= 11 is 0. The molecule has 0 aliphatic carbocycles. The first kappa shape index (κ1) is 20.7. The van der Waals surface area contributed by atoms with Gasteiger partial charge in [0, 0.05) is 35.8 Å². The molecule has 0 unspecified atom stereocenters. The molecule has 2 N–H and O–H groups in total. The second-order valence-corrected chi connectivity index (χ2v) is 8.23. The molecule has 1 aliphatic heterocycles. The molecule has 0 fully saturated rings. The summed E-state index contributed by atoms with van der Waals surface area (Å²) in [6.45, 7) is 3.90. The number of amides is 1. The highest BCUT2D eigenvalue weighted by atomic mass is 16.3. The lowest BCUT2D eigenvalue weighted by atomic mass is 9.93. The average molecular weight is 441 g/mol. The maximum Gasteiger partial charge on any atom is 0.262 e. The van der Waals surface area contributed by atoms with Gasteiger partial charge in [-0.3, -0.25) is 9.36 Å². The summed E-state index contributed by atoms with van der Waals surface area (Å²) in [5.41, 5.74) is 3.67. The van der Waals surface area contributed by atoms with Crippen LogP contribution in [0.2, 0.25) is 0 Å². The summed E-state index contributed by atoms with van der Waals surface area (Å²) < 4.78 is 1.87. The normalized spacial score (nSPS) is 15.3. The van der Waals surface area contributed by atoms with Crippen molar-refractivity contribution >= 4 is 11.6 Å². The Morgan fingerprint density at radius 1 is 1.06 bits per heavy atom. The number of imidazole rings is 1. The fraction of sp³-hybridized carbons (Fsp3) is 0.200. The molecule has 0 bridgehead atoms. The fourth-order valence-corrected chi connectivity index (χ4v) is 4.28. The number of rotatable bonds is 3. The van der Waals surface area contributed by atoms with Gasteiger partial charge in [0.15, 0.2) is 5.82 Å². The van der Waals surface area contributed by atoms with Crippen LogP contribution in [0.5, 0.6) is 11.5 Å². The van der Waals surface area contributed by atoms with E-state index in [1.54, 1.807) is 11.1 Å². The molecule has 4 aromatic rings. The number of aromatic nitrogens is 4. The third-order valence-electron chi connectivity index (χ3n) is 6.06. The molecule has 2 aromatic carbocycles. The van der Waals surface area contributed by atoms with Crippen LogP contribution in [-0.4, -0.2) is 41.9 Å². The van der Waals surface area contributed by atoms with E-state index in [2.05, 4.69) is 15.2 Å². The lowest BCUT2D eigenvalue weighted by Gasteiger charge is -2.35. The van der Waals surface area contributed by atoms with E-state index in [1.165, 1.54) is 18.2 Å². The van der Waals surface area contributed by atoms with Crippen LogP contribution in [0, 0.1) is 6.92 Å². The van der Waals surface area contributed by atoms with Crippen molar-refractivity contribution in [2.24, 2.45) is 0 Å². The van der Waals surface area contributed by atoms with Crippen LogP contribution in [-0.2, 0) is 6.42 Å². The number of phenols is 2. The molecule has 3 heterocycles. The summed E-state index contributed by atoms with van der Waals surface area (Å²) in [6, 6.07) is 13.7. The number of hydrogen-bond donors (Lipinski definition) is 2. The predicted molar refractivity (Wildman–Crippen MR) is 124 cm³/mol. The highest BCUT2D eigenvalue weighted by Gasteiger charge is 2.30. The summed E-state index contributed by atoms with van der Waals surface area (Å²) in [4.78, 5) is 19.2. The van der Waals surface area contributed by atoms with Gasteiger partial charge in [-0.05, 0) is 68.7 Å². The molecular weight excluding hydrogens is 418 g/mol. The first-order valence-electron chi connectivity index (χ1n) is 10.8. The Morgan fingerprint density at radius 3 is 2.61 bits per heavy atom. The van der Waals surface area contributed by atoms with Crippen molar-refractivity contribution in [2.75, 3.05) is 4.90 Å². The Bertz CT molecular complexity index is 1350. The largest absolute Gasteiger partial charge is 0.508 e. The van der Waals surface area contributed by atoms with Crippen molar-refractivity contribution in [1.82, 2.24) is 19.7 Å². The highest BCUT2D eigenvalue weighted by Crippen LogP contribution is 2.36. The fourth-order valence-electron chi connectivity index (χ4n) is 4.28. The zero-order valence-corrected chi connectivity index (χ0v) is 18.3. The number of aromatic hydroxyl groups is 2. The van der Waals surface area contributed by atoms with E-state index in [9.17, 15) is 15.0 Å². The zero-order chi connectivity index (χ0) is 23.1. The van der Waals surface area contributed by atoms with Gasteiger partial charge in [-0.15, -0.1) is 10.2 Å². The number of nitrogens with zero attached hydrogens (tertiary/aromatic N) is 5. The van der Waals surface area contributed by atoms with Crippen LogP contribution >= 0.6 is 0 Å². The molecular formula is C25H23N5O3. The Balaban J connectivity index is 1.47. The van der Waals surface area contributed by atoms with Gasteiger partial charge in [-0.2, -0.15) is 0 Å². The molecule has 0 saturated carbocycles. The smallest absolute Gasteiger partial charge is 0.262 e. The lowest BCUT2D eigenvalue weighted by Crippen LogP contribution is -2.42. The maximum absolute atomic E-state index is 13.3. The molecule has 0 radical (unpaired) electrons. The van der Waals surface area contributed by atoms with Gasteiger partial charge < -0.3 is 15.1 Å². The molecule has 33 heavy (non-hydrogen) atoms. The Kier molecular flexibility index (Phi) is 5.05. The summed E-state index contributed by atoms with van der Waals surface area (Å²) in [5.74, 6) is 0.916. The van der Waals surface area contributed by atoms with E-state index in [0.29, 0.717) is 5.82 Å². The standard InChI is InChI=1S/C25H23N5O3/c1-15-3-4-18-13-17(21-8-10-24(28-27-21)29-12-11-26-16(29)2)5-9-22(18)30(15)25(33)20-7-6-19(31)14-23(20)32/h5-15,31-32H,3-4H2,1-2H3/t15-/m0/s1. The van der Waals surface area contributed by atoms with Crippen molar-refractivity contribution in [3.63, 3.8) is 0 Å². The summed E-state index contributed by atoms with van der Waals surface area (Å²) in [5, 5.41) is 28.5. The Hall–Kier alpha value is -4.20. The molecule has 0 saturated heterocycles. The van der Waals surface area contributed by atoms with Gasteiger partial charge in [0.05, 0.1) is 11.3 Å². The van der Waals surface area contributed by atoms with Crippen LogP contribution in [0.25, 0.3) is 17.1 Å². The molecule has 2 aromatic heterocycles. The van der Waals surface area contributed by atoms with Gasteiger partial charge in [0.25, 0.3) is 5.91 Å². The number of anilines is 1. The van der Waals surface area contributed by atoms with E-state index in [0.717, 1.165) is 41.2 Å². The second kappa shape index (κ2) is 8.05. The molecule has 1 amide bonds. The number of hydrogen-bond acceptors (Lipinski definition) is 6. The number of fused-ring (bicyclic) bond motifs is 1. The number of benzene rings is 2. The van der Waals surface area contributed by atoms with Crippen molar-refractivity contribution < 1.29 is 15.0 Å². The first-order valence-corrected chi connectivity index (χ1v) is 10.8. The minimum Gasteiger partial charge on any atom is -0.508 e. The van der Waals surface area contributed by atoms with Crippen LogP contribution < -0.4 is 4.90 Å². The maximum atomic E-state index is 13.3. The number of carbonyl (C=O) groups is 1. The third-order valence-corrected chi connectivity index (χ3v) is 6.06. The van der Waals surface area contributed by atoms with Gasteiger partial charge in [0.1, 0.15) is 17.3 Å². The minimum atomic E-state index is -0.298. The summed E-state index contributed by atoms with van der Waals surface area (Å²) in [6.07, 6.45) is 5.19. The molecule has 5 rings (SSSR count). The molecule has 1 aliphatic rings. The monoisotopic (exact) mass is 441 g/mol. The van der Waals surface area contributed by atoms with Crippen LogP contribution in [0.3, 0.4) is 0 Å². The molecule has 8 nitrogen and oxygen atoms in total. The predicted octanol–water partition coefficient (Wildman–Crippen LogP) is 4.03. The number of phenolic OH excluding ortho intramolecular Hbond substituents is 2. The number of aryl methyl sites for hydroxylation is 2. The highest BCUT2D eigenvalue weighted by molar-refractivity contribution is 6.09. The van der Waals surface area contributed by atoms with E-state index in [-0.39, 0.29) is 29.0 Å².